The van der Waals surface area contributed by atoms with Crippen molar-refractivity contribution in [2.45, 2.75) is 46.6 Å². The van der Waals surface area contributed by atoms with Gasteiger partial charge in [-0.2, -0.15) is 0 Å². The summed E-state index contributed by atoms with van der Waals surface area (Å²) in [5.74, 6) is 0.718. The molecule has 1 unspecified atom stereocenters. The van der Waals surface area contributed by atoms with Gasteiger partial charge in [-0.05, 0) is 55.8 Å². The lowest BCUT2D eigenvalue weighted by Gasteiger charge is -2.30. The minimum Gasteiger partial charge on any atom is -0.330 e. The standard InChI is InChI=1S/C15H27ClN2S/c1-15(2,3)12(8-9-17)5-4-10-18-11-13-6-7-14(16)19-13/h6-7,12,18H,4-5,8-11,17H2,1-3H3. The highest BCUT2D eigenvalue weighted by Gasteiger charge is 2.22. The third-order valence-electron chi connectivity index (χ3n) is 3.57. The first kappa shape index (κ1) is 17.0. The molecule has 0 aliphatic rings. The zero-order valence-corrected chi connectivity index (χ0v) is 13.9. The largest absolute Gasteiger partial charge is 0.330 e. The maximum atomic E-state index is 5.91. The molecule has 110 valence electrons. The van der Waals surface area contributed by atoms with Crippen LogP contribution in [0.15, 0.2) is 12.1 Å². The quantitative estimate of drug-likeness (QED) is 0.703. The van der Waals surface area contributed by atoms with E-state index in [0.29, 0.717) is 5.41 Å². The molecule has 4 heteroatoms. The van der Waals surface area contributed by atoms with Gasteiger partial charge in [0, 0.05) is 11.4 Å². The van der Waals surface area contributed by atoms with Gasteiger partial charge in [0.25, 0.3) is 0 Å². The Hall–Kier alpha value is -0.0900. The lowest BCUT2D eigenvalue weighted by Crippen LogP contribution is -2.25. The Morgan fingerprint density at radius 2 is 2.05 bits per heavy atom. The van der Waals surface area contributed by atoms with Crippen LogP contribution in [0.4, 0.5) is 0 Å². The third-order valence-corrected chi connectivity index (χ3v) is 4.81. The lowest BCUT2D eigenvalue weighted by molar-refractivity contribution is 0.210. The molecule has 0 saturated carbocycles. The van der Waals surface area contributed by atoms with Crippen LogP contribution < -0.4 is 11.1 Å². The number of thiophene rings is 1. The molecule has 0 aliphatic heterocycles. The van der Waals surface area contributed by atoms with E-state index in [-0.39, 0.29) is 0 Å². The van der Waals surface area contributed by atoms with Gasteiger partial charge in [0.15, 0.2) is 0 Å². The van der Waals surface area contributed by atoms with Crippen molar-refractivity contribution in [1.29, 1.82) is 0 Å². The van der Waals surface area contributed by atoms with Crippen LogP contribution in [0.5, 0.6) is 0 Å². The van der Waals surface area contributed by atoms with Crippen molar-refractivity contribution in [1.82, 2.24) is 5.32 Å². The highest BCUT2D eigenvalue weighted by Crippen LogP contribution is 2.31. The fraction of sp³-hybridized carbons (Fsp3) is 0.733. The molecule has 0 bridgehead atoms. The van der Waals surface area contributed by atoms with Crippen LogP contribution >= 0.6 is 22.9 Å². The van der Waals surface area contributed by atoms with Gasteiger partial charge in [0.05, 0.1) is 4.34 Å². The Morgan fingerprint density at radius 1 is 1.32 bits per heavy atom. The summed E-state index contributed by atoms with van der Waals surface area (Å²) in [6, 6.07) is 4.05. The van der Waals surface area contributed by atoms with E-state index in [9.17, 15) is 0 Å². The van der Waals surface area contributed by atoms with Crippen LogP contribution in [-0.4, -0.2) is 13.1 Å². The summed E-state index contributed by atoms with van der Waals surface area (Å²) >= 11 is 7.56. The monoisotopic (exact) mass is 302 g/mol. The number of rotatable bonds is 8. The van der Waals surface area contributed by atoms with E-state index in [2.05, 4.69) is 32.2 Å². The smallest absolute Gasteiger partial charge is 0.0931 e. The molecule has 1 aromatic rings. The summed E-state index contributed by atoms with van der Waals surface area (Å²) in [5.41, 5.74) is 6.07. The number of nitrogens with one attached hydrogen (secondary N) is 1. The molecule has 3 N–H and O–H groups in total. The van der Waals surface area contributed by atoms with Gasteiger partial charge in [0.2, 0.25) is 0 Å². The van der Waals surface area contributed by atoms with Crippen LogP contribution in [0.25, 0.3) is 0 Å². The van der Waals surface area contributed by atoms with Crippen LogP contribution in [0.2, 0.25) is 4.34 Å². The second-order valence-electron chi connectivity index (χ2n) is 6.17. The van der Waals surface area contributed by atoms with Crippen molar-refractivity contribution in [2.75, 3.05) is 13.1 Å². The van der Waals surface area contributed by atoms with Gasteiger partial charge in [-0.25, -0.2) is 0 Å². The average molecular weight is 303 g/mol. The summed E-state index contributed by atoms with van der Waals surface area (Å²) < 4.78 is 0.868. The van der Waals surface area contributed by atoms with Gasteiger partial charge in [-0.1, -0.05) is 32.4 Å². The summed E-state index contributed by atoms with van der Waals surface area (Å²) in [7, 11) is 0. The van der Waals surface area contributed by atoms with E-state index >= 15 is 0 Å². The number of halogens is 1. The first-order valence-electron chi connectivity index (χ1n) is 7.08. The zero-order valence-electron chi connectivity index (χ0n) is 12.3. The predicted molar refractivity (Wildman–Crippen MR) is 86.9 cm³/mol. The Balaban J connectivity index is 2.18. The van der Waals surface area contributed by atoms with Crippen LogP contribution in [0.3, 0.4) is 0 Å². The molecule has 0 saturated heterocycles. The molecule has 0 aliphatic carbocycles. The molecule has 0 radical (unpaired) electrons. The Morgan fingerprint density at radius 3 is 2.58 bits per heavy atom. The van der Waals surface area contributed by atoms with Crippen molar-refractivity contribution in [3.8, 4) is 0 Å². The second kappa shape index (κ2) is 8.25. The van der Waals surface area contributed by atoms with Crippen molar-refractivity contribution in [3.05, 3.63) is 21.3 Å². The molecule has 0 aromatic carbocycles. The second-order valence-corrected chi connectivity index (χ2v) is 7.96. The number of hydrogen-bond acceptors (Lipinski definition) is 3. The van der Waals surface area contributed by atoms with Crippen molar-refractivity contribution in [2.24, 2.45) is 17.1 Å². The van der Waals surface area contributed by atoms with Crippen molar-refractivity contribution in [3.63, 3.8) is 0 Å². The van der Waals surface area contributed by atoms with Crippen LogP contribution in [-0.2, 0) is 6.54 Å². The first-order chi connectivity index (χ1) is 8.93. The van der Waals surface area contributed by atoms with Crippen molar-refractivity contribution >= 4 is 22.9 Å². The molecule has 0 spiro atoms. The SMILES string of the molecule is CC(C)(C)C(CCN)CCCNCc1ccc(Cl)s1. The van der Waals surface area contributed by atoms with E-state index in [1.165, 1.54) is 17.7 Å². The van der Waals surface area contributed by atoms with Crippen molar-refractivity contribution < 1.29 is 0 Å². The third kappa shape index (κ3) is 6.75. The maximum absolute atomic E-state index is 5.91. The highest BCUT2D eigenvalue weighted by atomic mass is 35.5. The van der Waals surface area contributed by atoms with Gasteiger partial charge in [0.1, 0.15) is 0 Å². The van der Waals surface area contributed by atoms with E-state index in [1.807, 2.05) is 6.07 Å². The molecular formula is C15H27ClN2S. The molecule has 1 atom stereocenters. The molecule has 2 nitrogen and oxygen atoms in total. The van der Waals surface area contributed by atoms with Crippen LogP contribution in [0.1, 0.15) is 44.9 Å². The van der Waals surface area contributed by atoms with E-state index in [1.54, 1.807) is 11.3 Å². The summed E-state index contributed by atoms with van der Waals surface area (Å²) in [6.45, 7) is 9.72. The minimum atomic E-state index is 0.362. The maximum Gasteiger partial charge on any atom is 0.0931 e. The van der Waals surface area contributed by atoms with Gasteiger partial charge in [-0.3, -0.25) is 0 Å². The van der Waals surface area contributed by atoms with Gasteiger partial charge in [-0.15, -0.1) is 11.3 Å². The molecule has 19 heavy (non-hydrogen) atoms. The average Bonchev–Trinajstić information content (AvgIpc) is 2.72. The summed E-state index contributed by atoms with van der Waals surface area (Å²) in [6.07, 6.45) is 3.59. The molecule has 0 amide bonds. The van der Waals surface area contributed by atoms with E-state index in [0.717, 1.165) is 36.3 Å². The Kier molecular flexibility index (Phi) is 7.37. The lowest BCUT2D eigenvalue weighted by atomic mass is 9.76. The summed E-state index contributed by atoms with van der Waals surface area (Å²) in [5, 5.41) is 3.48. The summed E-state index contributed by atoms with van der Waals surface area (Å²) in [4.78, 5) is 1.30. The predicted octanol–water partition coefficient (Wildman–Crippen LogP) is 4.28. The fourth-order valence-electron chi connectivity index (χ4n) is 2.34. The fourth-order valence-corrected chi connectivity index (χ4v) is 3.40. The van der Waals surface area contributed by atoms with Crippen LogP contribution in [0, 0.1) is 11.3 Å². The number of hydrogen-bond donors (Lipinski definition) is 2. The molecule has 1 aromatic heterocycles. The molecule has 0 fully saturated rings. The normalized spacial score (nSPS) is 13.7. The number of nitrogens with two attached hydrogens (primary N) is 1. The zero-order chi connectivity index (χ0) is 14.3. The first-order valence-corrected chi connectivity index (χ1v) is 8.28. The van der Waals surface area contributed by atoms with Gasteiger partial charge >= 0.3 is 0 Å². The Labute approximate surface area is 126 Å². The molecule has 1 heterocycles. The molecule has 1 rings (SSSR count). The Bertz CT molecular complexity index is 357. The van der Waals surface area contributed by atoms with E-state index in [4.69, 9.17) is 17.3 Å². The van der Waals surface area contributed by atoms with Gasteiger partial charge < -0.3 is 11.1 Å². The minimum absolute atomic E-state index is 0.362. The van der Waals surface area contributed by atoms with E-state index < -0.39 is 0 Å². The topological polar surface area (TPSA) is 38.0 Å². The highest BCUT2D eigenvalue weighted by molar-refractivity contribution is 7.16. The molecular weight excluding hydrogens is 276 g/mol.